The second-order valence-corrected chi connectivity index (χ2v) is 9.24. The van der Waals surface area contributed by atoms with Crippen LogP contribution in [0.15, 0.2) is 46.0 Å². The number of rotatable bonds is 8. The monoisotopic (exact) mass is 442 g/mol. The molecule has 1 saturated heterocycles. The molecular formula is C18H19FN2O6S2. The summed E-state index contributed by atoms with van der Waals surface area (Å²) >= 11 is 0.997. The Hall–Kier alpha value is -2.18. The highest BCUT2D eigenvalue weighted by Gasteiger charge is 2.47. The molecule has 1 aromatic heterocycles. The van der Waals surface area contributed by atoms with Crippen LogP contribution in [0.1, 0.15) is 6.42 Å². The number of carbonyl (C=O) groups excluding carboxylic acids is 2. The number of hydrogen-bond donors (Lipinski definition) is 0. The minimum absolute atomic E-state index is 0.0314. The van der Waals surface area contributed by atoms with Gasteiger partial charge in [0.15, 0.2) is 6.29 Å². The smallest absolute Gasteiger partial charge is 0.253 e. The van der Waals surface area contributed by atoms with Gasteiger partial charge < -0.3 is 9.47 Å². The van der Waals surface area contributed by atoms with E-state index >= 15 is 0 Å². The van der Waals surface area contributed by atoms with Crippen molar-refractivity contribution in [1.29, 1.82) is 0 Å². The molecule has 8 nitrogen and oxygen atoms in total. The molecule has 3 rings (SSSR count). The third kappa shape index (κ3) is 4.23. The Morgan fingerprint density at radius 3 is 2.41 bits per heavy atom. The minimum atomic E-state index is -4.09. The second kappa shape index (κ2) is 8.67. The third-order valence-electron chi connectivity index (χ3n) is 4.47. The topological polar surface area (TPSA) is 93.2 Å². The van der Waals surface area contributed by atoms with Gasteiger partial charge in [0.05, 0.1) is 18.7 Å². The van der Waals surface area contributed by atoms with Crippen LogP contribution >= 0.6 is 11.3 Å². The maximum Gasteiger partial charge on any atom is 0.253 e. The number of methoxy groups -OCH3 is 2. The fraction of sp³-hybridized carbons (Fsp3) is 0.333. The van der Waals surface area contributed by atoms with Crippen LogP contribution in [-0.2, 0) is 29.1 Å². The first kappa shape index (κ1) is 21.5. The number of thiophene rings is 1. The lowest BCUT2D eigenvalue weighted by Gasteiger charge is -2.28. The first-order chi connectivity index (χ1) is 13.8. The molecule has 0 saturated carbocycles. The number of nitrogens with zero attached hydrogens (tertiary/aromatic N) is 2. The van der Waals surface area contributed by atoms with E-state index in [1.54, 1.807) is 11.4 Å². The molecule has 1 fully saturated rings. The molecular weight excluding hydrogens is 423 g/mol. The zero-order valence-electron chi connectivity index (χ0n) is 15.6. The highest BCUT2D eigenvalue weighted by molar-refractivity contribution is 7.91. The number of ether oxygens (including phenoxy) is 2. The molecule has 0 bridgehead atoms. The highest BCUT2D eigenvalue weighted by atomic mass is 32.2. The molecule has 0 spiro atoms. The van der Waals surface area contributed by atoms with E-state index in [0.29, 0.717) is 0 Å². The first-order valence-electron chi connectivity index (χ1n) is 8.53. The summed E-state index contributed by atoms with van der Waals surface area (Å²) in [5.74, 6) is -1.81. The lowest BCUT2D eigenvalue weighted by Crippen LogP contribution is -2.48. The van der Waals surface area contributed by atoms with Gasteiger partial charge in [0, 0.05) is 14.2 Å². The van der Waals surface area contributed by atoms with Gasteiger partial charge in [0.1, 0.15) is 16.1 Å². The van der Waals surface area contributed by atoms with Crippen molar-refractivity contribution in [2.24, 2.45) is 0 Å². The van der Waals surface area contributed by atoms with Crippen molar-refractivity contribution < 1.29 is 31.9 Å². The average Bonchev–Trinajstić information content (AvgIpc) is 3.33. The van der Waals surface area contributed by atoms with E-state index in [1.165, 1.54) is 32.4 Å². The van der Waals surface area contributed by atoms with E-state index in [2.05, 4.69) is 0 Å². The van der Waals surface area contributed by atoms with Crippen LogP contribution in [0, 0.1) is 5.82 Å². The van der Waals surface area contributed by atoms with Crippen molar-refractivity contribution in [3.63, 3.8) is 0 Å². The van der Waals surface area contributed by atoms with Crippen molar-refractivity contribution in [3.05, 3.63) is 47.6 Å². The van der Waals surface area contributed by atoms with Crippen LogP contribution < -0.4 is 4.90 Å². The summed E-state index contributed by atoms with van der Waals surface area (Å²) in [7, 11) is -1.41. The van der Waals surface area contributed by atoms with E-state index < -0.39 is 40.0 Å². The number of sulfonamides is 1. The van der Waals surface area contributed by atoms with Gasteiger partial charge in [-0.05, 0) is 35.7 Å². The van der Waals surface area contributed by atoms with E-state index in [4.69, 9.17) is 9.47 Å². The van der Waals surface area contributed by atoms with E-state index in [9.17, 15) is 22.4 Å². The Bertz CT molecular complexity index is 974. The standard InChI is InChI=1S/C18H19FN2O6S2/c1-26-16(27-2)11-20(29(24,25)17-4-3-9-28-17)14-10-15(22)21(18(14)23)13-7-5-12(19)6-8-13/h3-9,14,16H,10-11H2,1-2H3. The quantitative estimate of drug-likeness (QED) is 0.457. The van der Waals surface area contributed by atoms with Gasteiger partial charge in [-0.2, -0.15) is 4.31 Å². The lowest BCUT2D eigenvalue weighted by molar-refractivity contribution is -0.125. The molecule has 1 aliphatic rings. The van der Waals surface area contributed by atoms with Crippen molar-refractivity contribution in [2.75, 3.05) is 25.7 Å². The molecule has 1 aromatic carbocycles. The predicted octanol–water partition coefficient (Wildman–Crippen LogP) is 1.83. The Balaban J connectivity index is 1.98. The first-order valence-corrected chi connectivity index (χ1v) is 10.8. The number of halogens is 1. The maximum atomic E-state index is 13.2. The summed E-state index contributed by atoms with van der Waals surface area (Å²) < 4.78 is 50.8. The van der Waals surface area contributed by atoms with Crippen molar-refractivity contribution in [3.8, 4) is 0 Å². The summed E-state index contributed by atoms with van der Waals surface area (Å²) in [6.07, 6.45) is -1.28. The number of benzene rings is 1. The summed E-state index contributed by atoms with van der Waals surface area (Å²) in [5, 5.41) is 1.60. The summed E-state index contributed by atoms with van der Waals surface area (Å²) in [5.41, 5.74) is 0.174. The Kier molecular flexibility index (Phi) is 6.44. The van der Waals surface area contributed by atoms with Crippen LogP contribution in [-0.4, -0.2) is 57.6 Å². The van der Waals surface area contributed by atoms with Gasteiger partial charge >= 0.3 is 0 Å². The summed E-state index contributed by atoms with van der Waals surface area (Å²) in [6.45, 7) is -0.284. The molecule has 0 aliphatic carbocycles. The fourth-order valence-electron chi connectivity index (χ4n) is 3.01. The lowest BCUT2D eigenvalue weighted by atomic mass is 10.2. The predicted molar refractivity (Wildman–Crippen MR) is 103 cm³/mol. The highest BCUT2D eigenvalue weighted by Crippen LogP contribution is 2.31. The maximum absolute atomic E-state index is 13.2. The number of hydrogen-bond acceptors (Lipinski definition) is 7. The number of amides is 2. The van der Waals surface area contributed by atoms with E-state index in [-0.39, 0.29) is 22.9 Å². The average molecular weight is 442 g/mol. The molecule has 29 heavy (non-hydrogen) atoms. The van der Waals surface area contributed by atoms with Gasteiger partial charge in [-0.3, -0.25) is 9.59 Å². The molecule has 2 heterocycles. The van der Waals surface area contributed by atoms with Gasteiger partial charge in [-0.15, -0.1) is 11.3 Å². The van der Waals surface area contributed by atoms with E-state index in [1.807, 2.05) is 0 Å². The number of imide groups is 1. The van der Waals surface area contributed by atoms with Gasteiger partial charge in [0.25, 0.3) is 15.9 Å². The molecule has 11 heteroatoms. The zero-order valence-corrected chi connectivity index (χ0v) is 17.3. The van der Waals surface area contributed by atoms with Gasteiger partial charge in [0.2, 0.25) is 5.91 Å². The van der Waals surface area contributed by atoms with Crippen LogP contribution in [0.2, 0.25) is 0 Å². The number of anilines is 1. The Morgan fingerprint density at radius 2 is 1.86 bits per heavy atom. The summed E-state index contributed by atoms with van der Waals surface area (Å²) in [4.78, 5) is 26.5. The Morgan fingerprint density at radius 1 is 1.21 bits per heavy atom. The molecule has 0 radical (unpaired) electrons. The normalized spacial score (nSPS) is 17.7. The van der Waals surface area contributed by atoms with Gasteiger partial charge in [-0.1, -0.05) is 6.07 Å². The van der Waals surface area contributed by atoms with Crippen molar-refractivity contribution >= 4 is 38.9 Å². The molecule has 1 atom stereocenters. The molecule has 1 unspecified atom stereocenters. The van der Waals surface area contributed by atoms with Crippen LogP contribution in [0.3, 0.4) is 0 Å². The van der Waals surface area contributed by atoms with E-state index in [0.717, 1.165) is 32.7 Å². The Labute approximate surface area is 171 Å². The van der Waals surface area contributed by atoms with Crippen molar-refractivity contribution in [1.82, 2.24) is 4.31 Å². The second-order valence-electron chi connectivity index (χ2n) is 6.17. The third-order valence-corrected chi connectivity index (χ3v) is 7.72. The molecule has 2 aromatic rings. The molecule has 0 N–H and O–H groups in total. The van der Waals surface area contributed by atoms with Crippen LogP contribution in [0.25, 0.3) is 0 Å². The van der Waals surface area contributed by atoms with Crippen LogP contribution in [0.5, 0.6) is 0 Å². The summed E-state index contributed by atoms with van der Waals surface area (Å²) in [6, 6.07) is 6.54. The minimum Gasteiger partial charge on any atom is -0.354 e. The fourth-order valence-corrected chi connectivity index (χ4v) is 5.70. The zero-order chi connectivity index (χ0) is 21.2. The van der Waals surface area contributed by atoms with Crippen LogP contribution in [0.4, 0.5) is 10.1 Å². The van der Waals surface area contributed by atoms with Crippen molar-refractivity contribution in [2.45, 2.75) is 23.0 Å². The number of carbonyl (C=O) groups is 2. The molecule has 2 amide bonds. The molecule has 1 aliphatic heterocycles. The molecule has 156 valence electrons. The van der Waals surface area contributed by atoms with Gasteiger partial charge in [-0.25, -0.2) is 17.7 Å². The largest absolute Gasteiger partial charge is 0.354 e. The SMILES string of the molecule is COC(CN(C1CC(=O)N(c2ccc(F)cc2)C1=O)S(=O)(=O)c1cccs1)OC.